The second-order valence-electron chi connectivity index (χ2n) is 7.58. The summed E-state index contributed by atoms with van der Waals surface area (Å²) in [5.41, 5.74) is -0.151. The van der Waals surface area contributed by atoms with Crippen molar-refractivity contribution in [1.82, 2.24) is 10.6 Å². The normalized spacial score (nSPS) is 23.8. The summed E-state index contributed by atoms with van der Waals surface area (Å²) in [6, 6.07) is 0. The average Bonchev–Trinajstić information content (AvgIpc) is 2.43. The van der Waals surface area contributed by atoms with Gasteiger partial charge in [0.2, 0.25) is 0 Å². The van der Waals surface area contributed by atoms with E-state index in [0.29, 0.717) is 5.25 Å². The maximum atomic E-state index is 4.64. The van der Waals surface area contributed by atoms with Crippen molar-refractivity contribution in [1.29, 1.82) is 0 Å². The van der Waals surface area contributed by atoms with E-state index in [1.54, 1.807) is 0 Å². The SMILES string of the molecule is CCC(C)SC(C)(C)CNC1(NCC(C)(C)S)C=CC=CC1. The molecule has 0 aromatic heterocycles. The molecular formula is C18H34N2S2. The number of hydrogen-bond donors (Lipinski definition) is 3. The summed E-state index contributed by atoms with van der Waals surface area (Å²) in [6.45, 7) is 15.3. The minimum atomic E-state index is -0.151. The van der Waals surface area contributed by atoms with Crippen LogP contribution < -0.4 is 10.6 Å². The van der Waals surface area contributed by atoms with Crippen LogP contribution in [0.5, 0.6) is 0 Å². The molecule has 128 valence electrons. The van der Waals surface area contributed by atoms with Gasteiger partial charge in [-0.15, -0.1) is 0 Å². The third kappa shape index (κ3) is 7.58. The van der Waals surface area contributed by atoms with E-state index in [9.17, 15) is 0 Å². The Morgan fingerprint density at radius 1 is 1.18 bits per heavy atom. The lowest BCUT2D eigenvalue weighted by molar-refractivity contribution is 0.306. The van der Waals surface area contributed by atoms with Gasteiger partial charge in [-0.1, -0.05) is 32.1 Å². The molecule has 0 spiro atoms. The highest BCUT2D eigenvalue weighted by atomic mass is 32.2. The van der Waals surface area contributed by atoms with E-state index in [2.05, 4.69) is 101 Å². The Hall–Kier alpha value is 0.100. The van der Waals surface area contributed by atoms with E-state index in [1.165, 1.54) is 6.42 Å². The first-order valence-corrected chi connectivity index (χ1v) is 9.65. The Morgan fingerprint density at radius 3 is 2.32 bits per heavy atom. The number of thiol groups is 1. The lowest BCUT2D eigenvalue weighted by Gasteiger charge is -2.39. The number of rotatable bonds is 9. The van der Waals surface area contributed by atoms with Crippen LogP contribution >= 0.6 is 24.4 Å². The molecule has 0 radical (unpaired) electrons. The van der Waals surface area contributed by atoms with Crippen molar-refractivity contribution in [2.75, 3.05) is 13.1 Å². The predicted octanol–water partition coefficient (Wildman–Crippen LogP) is 4.40. The summed E-state index contributed by atoms with van der Waals surface area (Å²) in [7, 11) is 0. The highest BCUT2D eigenvalue weighted by molar-refractivity contribution is 8.01. The second-order valence-corrected chi connectivity index (χ2v) is 10.9. The molecule has 2 atom stereocenters. The Kier molecular flexibility index (Phi) is 7.58. The lowest BCUT2D eigenvalue weighted by atomic mass is 9.98. The number of hydrogen-bond acceptors (Lipinski definition) is 4. The molecule has 0 saturated carbocycles. The molecule has 2 nitrogen and oxygen atoms in total. The van der Waals surface area contributed by atoms with Crippen molar-refractivity contribution in [2.24, 2.45) is 0 Å². The first-order chi connectivity index (χ1) is 10.1. The molecule has 0 aliphatic heterocycles. The molecular weight excluding hydrogens is 308 g/mol. The molecule has 2 N–H and O–H groups in total. The molecule has 0 amide bonds. The van der Waals surface area contributed by atoms with E-state index in [-0.39, 0.29) is 15.2 Å². The highest BCUT2D eigenvalue weighted by Crippen LogP contribution is 2.30. The maximum absolute atomic E-state index is 4.64. The van der Waals surface area contributed by atoms with Gasteiger partial charge in [0.1, 0.15) is 0 Å². The zero-order valence-corrected chi connectivity index (χ0v) is 16.8. The van der Waals surface area contributed by atoms with Crippen molar-refractivity contribution >= 4 is 24.4 Å². The monoisotopic (exact) mass is 342 g/mol. The number of thioether (sulfide) groups is 1. The predicted molar refractivity (Wildman–Crippen MR) is 106 cm³/mol. The van der Waals surface area contributed by atoms with Crippen LogP contribution in [0.15, 0.2) is 24.3 Å². The van der Waals surface area contributed by atoms with E-state index in [0.717, 1.165) is 19.5 Å². The van der Waals surface area contributed by atoms with Crippen molar-refractivity contribution in [3.63, 3.8) is 0 Å². The van der Waals surface area contributed by atoms with E-state index >= 15 is 0 Å². The van der Waals surface area contributed by atoms with Crippen LogP contribution in [-0.2, 0) is 0 Å². The Labute approximate surface area is 147 Å². The van der Waals surface area contributed by atoms with Gasteiger partial charge in [0.25, 0.3) is 0 Å². The Morgan fingerprint density at radius 2 is 1.82 bits per heavy atom. The fraction of sp³-hybridized carbons (Fsp3) is 0.778. The first-order valence-electron chi connectivity index (χ1n) is 8.32. The molecule has 0 saturated heterocycles. The molecule has 1 rings (SSSR count). The lowest BCUT2D eigenvalue weighted by Crippen LogP contribution is -2.60. The Balaban J connectivity index is 2.66. The zero-order chi connectivity index (χ0) is 16.9. The van der Waals surface area contributed by atoms with Gasteiger partial charge in [-0.25, -0.2) is 0 Å². The smallest absolute Gasteiger partial charge is 0.0918 e. The topological polar surface area (TPSA) is 24.1 Å². The van der Waals surface area contributed by atoms with Crippen molar-refractivity contribution in [2.45, 2.75) is 74.8 Å². The fourth-order valence-electron chi connectivity index (χ4n) is 2.36. The van der Waals surface area contributed by atoms with Gasteiger partial charge in [0.15, 0.2) is 0 Å². The number of allylic oxidation sites excluding steroid dienone is 2. The summed E-state index contributed by atoms with van der Waals surface area (Å²) in [4.78, 5) is 0. The van der Waals surface area contributed by atoms with Gasteiger partial charge in [-0.3, -0.25) is 10.6 Å². The summed E-state index contributed by atoms with van der Waals surface area (Å²) >= 11 is 6.70. The summed E-state index contributed by atoms with van der Waals surface area (Å²) < 4.78 is 0.195. The summed E-state index contributed by atoms with van der Waals surface area (Å²) in [6.07, 6.45) is 10.9. The van der Waals surface area contributed by atoms with Gasteiger partial charge < -0.3 is 0 Å². The van der Waals surface area contributed by atoms with Crippen molar-refractivity contribution in [3.8, 4) is 0 Å². The van der Waals surface area contributed by atoms with Crippen LogP contribution in [-0.4, -0.2) is 33.5 Å². The minimum absolute atomic E-state index is 0.0231. The molecule has 0 heterocycles. The molecule has 0 aromatic rings. The second kappa shape index (κ2) is 8.27. The van der Waals surface area contributed by atoms with Crippen LogP contribution in [0.3, 0.4) is 0 Å². The molecule has 1 aliphatic carbocycles. The van der Waals surface area contributed by atoms with Crippen molar-refractivity contribution < 1.29 is 0 Å². The highest BCUT2D eigenvalue weighted by Gasteiger charge is 2.31. The van der Waals surface area contributed by atoms with E-state index < -0.39 is 0 Å². The summed E-state index contributed by atoms with van der Waals surface area (Å²) in [5.74, 6) is 0. The molecule has 2 unspecified atom stereocenters. The van der Waals surface area contributed by atoms with Crippen LogP contribution in [0.2, 0.25) is 0 Å². The van der Waals surface area contributed by atoms with Crippen LogP contribution in [0.1, 0.15) is 54.4 Å². The van der Waals surface area contributed by atoms with Gasteiger partial charge in [-0.2, -0.15) is 24.4 Å². The summed E-state index contributed by atoms with van der Waals surface area (Å²) in [5, 5.41) is 8.15. The zero-order valence-electron chi connectivity index (χ0n) is 15.1. The third-order valence-electron chi connectivity index (χ3n) is 3.83. The molecule has 0 aromatic carbocycles. The van der Waals surface area contributed by atoms with E-state index in [1.807, 2.05) is 0 Å². The van der Waals surface area contributed by atoms with Gasteiger partial charge in [0, 0.05) is 34.3 Å². The van der Waals surface area contributed by atoms with Crippen LogP contribution in [0, 0.1) is 0 Å². The van der Waals surface area contributed by atoms with Crippen LogP contribution in [0.4, 0.5) is 0 Å². The fourth-order valence-corrected chi connectivity index (χ4v) is 3.85. The van der Waals surface area contributed by atoms with Gasteiger partial charge >= 0.3 is 0 Å². The van der Waals surface area contributed by atoms with Crippen molar-refractivity contribution in [3.05, 3.63) is 24.3 Å². The minimum Gasteiger partial charge on any atom is -0.294 e. The molecule has 4 heteroatoms. The standard InChI is InChI=1S/C18H34N2S2/c1-7-15(2)22-17(5,6)14-20-18(11-9-8-10-12-18)19-13-16(3,4)21/h8-11,15,19-21H,7,12-14H2,1-6H3. The quantitative estimate of drug-likeness (QED) is 0.428. The average molecular weight is 343 g/mol. The van der Waals surface area contributed by atoms with E-state index in [4.69, 9.17) is 0 Å². The van der Waals surface area contributed by atoms with Crippen LogP contribution in [0.25, 0.3) is 0 Å². The molecule has 22 heavy (non-hydrogen) atoms. The van der Waals surface area contributed by atoms with Gasteiger partial charge in [-0.05, 0) is 40.2 Å². The Bertz CT molecular complexity index is 396. The largest absolute Gasteiger partial charge is 0.294 e. The molecule has 0 bridgehead atoms. The molecule has 1 aliphatic rings. The molecule has 0 fully saturated rings. The first kappa shape index (κ1) is 20.1. The third-order valence-corrected chi connectivity index (χ3v) is 5.51. The maximum Gasteiger partial charge on any atom is 0.0918 e. The van der Waals surface area contributed by atoms with Gasteiger partial charge in [0.05, 0.1) is 5.66 Å². The number of nitrogens with one attached hydrogen (secondary N) is 2.